The van der Waals surface area contributed by atoms with Crippen molar-refractivity contribution >= 4 is 23.7 Å². The molecule has 0 aromatic heterocycles. The highest BCUT2D eigenvalue weighted by Gasteiger charge is 2.40. The summed E-state index contributed by atoms with van der Waals surface area (Å²) in [5.74, 6) is -1.63. The first-order valence-corrected chi connectivity index (χ1v) is 8.02. The largest absolute Gasteiger partial charge is 0.490 e. The number of aliphatic carboxylic acids is 1. The third-order valence-electron chi connectivity index (χ3n) is 4.33. The summed E-state index contributed by atoms with van der Waals surface area (Å²) < 4.78 is 5.68. The minimum absolute atomic E-state index is 0.158. The van der Waals surface area contributed by atoms with Gasteiger partial charge < -0.3 is 14.7 Å². The van der Waals surface area contributed by atoms with Gasteiger partial charge in [0.15, 0.2) is 0 Å². The van der Waals surface area contributed by atoms with E-state index in [0.717, 1.165) is 0 Å². The molecule has 1 saturated heterocycles. The fourth-order valence-corrected chi connectivity index (χ4v) is 3.17. The van der Waals surface area contributed by atoms with Crippen LogP contribution in [0.15, 0.2) is 18.2 Å². The Morgan fingerprint density at radius 1 is 1.40 bits per heavy atom. The van der Waals surface area contributed by atoms with Gasteiger partial charge in [0.25, 0.3) is 5.91 Å². The lowest BCUT2D eigenvalue weighted by Crippen LogP contribution is -2.52. The predicted molar refractivity (Wildman–Crippen MR) is 84.8 cm³/mol. The Balaban J connectivity index is 1.81. The van der Waals surface area contributed by atoms with Crippen LogP contribution < -0.4 is 10.1 Å². The van der Waals surface area contributed by atoms with E-state index in [-0.39, 0.29) is 37.6 Å². The van der Waals surface area contributed by atoms with Crippen molar-refractivity contribution < 1.29 is 29.0 Å². The second-order valence-corrected chi connectivity index (χ2v) is 6.21. The summed E-state index contributed by atoms with van der Waals surface area (Å²) in [5.41, 5.74) is 1.07. The lowest BCUT2D eigenvalue weighted by Gasteiger charge is -2.29. The van der Waals surface area contributed by atoms with E-state index in [9.17, 15) is 19.2 Å². The summed E-state index contributed by atoms with van der Waals surface area (Å²) >= 11 is 0. The zero-order valence-electron chi connectivity index (χ0n) is 13.7. The highest BCUT2D eigenvalue weighted by atomic mass is 16.5. The summed E-state index contributed by atoms with van der Waals surface area (Å²) in [4.78, 5) is 48.2. The minimum Gasteiger partial charge on any atom is -0.490 e. The summed E-state index contributed by atoms with van der Waals surface area (Å²) in [7, 11) is 0. The average Bonchev–Trinajstić information content (AvgIpc) is 2.85. The molecule has 1 aromatic rings. The lowest BCUT2D eigenvalue weighted by molar-refractivity contribution is -0.139. The first-order valence-electron chi connectivity index (χ1n) is 8.02. The Hall–Kier alpha value is -2.90. The number of nitrogens with one attached hydrogen (secondary N) is 1. The van der Waals surface area contributed by atoms with E-state index in [2.05, 4.69) is 5.32 Å². The van der Waals surface area contributed by atoms with Crippen LogP contribution in [0.25, 0.3) is 0 Å². The van der Waals surface area contributed by atoms with Crippen LogP contribution in [0.5, 0.6) is 5.75 Å². The third-order valence-corrected chi connectivity index (χ3v) is 4.33. The number of carbonyl (C=O) groups excluding carboxylic acids is 3. The molecule has 8 heteroatoms. The number of benzene rings is 1. The Bertz CT molecular complexity index is 760. The normalized spacial score (nSPS) is 20.9. The molecule has 132 valence electrons. The molecule has 3 rings (SSSR count). The van der Waals surface area contributed by atoms with Crippen molar-refractivity contribution in [1.82, 2.24) is 10.2 Å². The van der Waals surface area contributed by atoms with Crippen LogP contribution in [-0.2, 0) is 20.9 Å². The van der Waals surface area contributed by atoms with Crippen molar-refractivity contribution in [1.29, 1.82) is 0 Å². The Morgan fingerprint density at radius 3 is 2.84 bits per heavy atom. The molecule has 0 saturated carbocycles. The van der Waals surface area contributed by atoms with Gasteiger partial charge in [-0.1, -0.05) is 6.07 Å². The average molecular weight is 346 g/mol. The zero-order valence-corrected chi connectivity index (χ0v) is 13.7. The predicted octanol–water partition coefficient (Wildman–Crippen LogP) is 0.690. The van der Waals surface area contributed by atoms with Crippen LogP contribution in [-0.4, -0.2) is 45.8 Å². The molecule has 3 amide bonds. The number of carboxylic acids is 1. The van der Waals surface area contributed by atoms with Gasteiger partial charge in [-0.25, -0.2) is 0 Å². The maximum atomic E-state index is 12.7. The smallest absolute Gasteiger partial charge is 0.307 e. The summed E-state index contributed by atoms with van der Waals surface area (Å²) in [6.07, 6.45) is -0.233. The van der Waals surface area contributed by atoms with Gasteiger partial charge in [-0.15, -0.1) is 0 Å². The van der Waals surface area contributed by atoms with E-state index >= 15 is 0 Å². The lowest BCUT2D eigenvalue weighted by atomic mass is 10.0. The molecule has 2 aliphatic heterocycles. The fraction of sp³-hybridized carbons (Fsp3) is 0.412. The molecule has 1 fully saturated rings. The standard InChI is InChI=1S/C17H18N2O6/c1-9(7-15(21)22)25-13-4-2-3-10-11(13)8-19(17(10)24)12-5-6-14(20)18-16(12)23/h2-4,9,12H,5-8H2,1H3,(H,21,22)(H,18,20,23)/t9-,12?/m1/s1. The number of carboxylic acid groups (broad SMARTS) is 1. The van der Waals surface area contributed by atoms with Gasteiger partial charge in [0, 0.05) is 17.5 Å². The molecule has 2 N–H and O–H groups in total. The second kappa shape index (κ2) is 6.54. The van der Waals surface area contributed by atoms with Crippen LogP contribution in [0.3, 0.4) is 0 Å². The van der Waals surface area contributed by atoms with Gasteiger partial charge in [-0.3, -0.25) is 24.5 Å². The maximum Gasteiger partial charge on any atom is 0.307 e. The van der Waals surface area contributed by atoms with Crippen molar-refractivity contribution in [2.24, 2.45) is 0 Å². The number of hydrogen-bond donors (Lipinski definition) is 2. The summed E-state index contributed by atoms with van der Waals surface area (Å²) in [5, 5.41) is 11.1. The summed E-state index contributed by atoms with van der Waals surface area (Å²) in [6.45, 7) is 1.83. The number of carbonyl (C=O) groups is 4. The quantitative estimate of drug-likeness (QED) is 0.759. The van der Waals surface area contributed by atoms with Crippen molar-refractivity contribution in [3.63, 3.8) is 0 Å². The highest BCUT2D eigenvalue weighted by molar-refractivity contribution is 6.05. The van der Waals surface area contributed by atoms with E-state index in [0.29, 0.717) is 16.9 Å². The summed E-state index contributed by atoms with van der Waals surface area (Å²) in [6, 6.07) is 4.30. The van der Waals surface area contributed by atoms with E-state index in [1.54, 1.807) is 25.1 Å². The topological polar surface area (TPSA) is 113 Å². The van der Waals surface area contributed by atoms with Gasteiger partial charge in [-0.2, -0.15) is 0 Å². The number of fused-ring (bicyclic) bond motifs is 1. The Labute approximate surface area is 143 Å². The van der Waals surface area contributed by atoms with Crippen LogP contribution >= 0.6 is 0 Å². The number of nitrogens with zero attached hydrogens (tertiary/aromatic N) is 1. The first-order chi connectivity index (χ1) is 11.9. The molecule has 2 aliphatic rings. The van der Waals surface area contributed by atoms with Gasteiger partial charge in [0.05, 0.1) is 13.0 Å². The van der Waals surface area contributed by atoms with Gasteiger partial charge in [0.2, 0.25) is 11.8 Å². The number of imide groups is 1. The highest BCUT2D eigenvalue weighted by Crippen LogP contribution is 2.34. The van der Waals surface area contributed by atoms with E-state index < -0.39 is 24.0 Å². The molecular weight excluding hydrogens is 328 g/mol. The molecule has 1 aromatic carbocycles. The fourth-order valence-electron chi connectivity index (χ4n) is 3.17. The van der Waals surface area contributed by atoms with Crippen LogP contribution in [0.1, 0.15) is 42.1 Å². The molecular formula is C17H18N2O6. The number of amides is 3. The maximum absolute atomic E-state index is 12.7. The van der Waals surface area contributed by atoms with Gasteiger partial charge >= 0.3 is 5.97 Å². The molecule has 25 heavy (non-hydrogen) atoms. The molecule has 1 unspecified atom stereocenters. The van der Waals surface area contributed by atoms with E-state index in [4.69, 9.17) is 9.84 Å². The van der Waals surface area contributed by atoms with Crippen LogP contribution in [0.2, 0.25) is 0 Å². The first kappa shape index (κ1) is 16.9. The third kappa shape index (κ3) is 3.33. The monoisotopic (exact) mass is 346 g/mol. The number of ether oxygens (including phenoxy) is 1. The molecule has 2 heterocycles. The minimum atomic E-state index is -0.971. The Morgan fingerprint density at radius 2 is 2.16 bits per heavy atom. The van der Waals surface area contributed by atoms with Crippen molar-refractivity contribution in [3.8, 4) is 5.75 Å². The molecule has 2 atom stereocenters. The SMILES string of the molecule is C[C@H](CC(=O)O)Oc1cccc2c1CN(C1CCC(=O)NC1=O)C2=O. The van der Waals surface area contributed by atoms with Crippen molar-refractivity contribution in [2.75, 3.05) is 0 Å². The number of hydrogen-bond acceptors (Lipinski definition) is 5. The molecule has 0 aliphatic carbocycles. The van der Waals surface area contributed by atoms with E-state index in [1.165, 1.54) is 4.90 Å². The van der Waals surface area contributed by atoms with Gasteiger partial charge in [0.1, 0.15) is 17.9 Å². The van der Waals surface area contributed by atoms with E-state index in [1.807, 2.05) is 0 Å². The van der Waals surface area contributed by atoms with Crippen LogP contribution in [0, 0.1) is 0 Å². The number of rotatable bonds is 5. The number of piperidine rings is 1. The molecule has 0 spiro atoms. The van der Waals surface area contributed by atoms with Crippen molar-refractivity contribution in [3.05, 3.63) is 29.3 Å². The molecule has 8 nitrogen and oxygen atoms in total. The molecule has 0 radical (unpaired) electrons. The van der Waals surface area contributed by atoms with Crippen molar-refractivity contribution in [2.45, 2.75) is 44.9 Å². The Kier molecular flexibility index (Phi) is 4.43. The van der Waals surface area contributed by atoms with Crippen LogP contribution in [0.4, 0.5) is 0 Å². The zero-order chi connectivity index (χ0) is 18.1. The molecule has 0 bridgehead atoms. The van der Waals surface area contributed by atoms with Gasteiger partial charge in [-0.05, 0) is 25.5 Å². The second-order valence-electron chi connectivity index (χ2n) is 6.21.